The molecule has 0 saturated carbocycles. The van der Waals surface area contributed by atoms with E-state index in [9.17, 15) is 5.11 Å². The summed E-state index contributed by atoms with van der Waals surface area (Å²) in [4.78, 5) is 0. The van der Waals surface area contributed by atoms with Crippen LogP contribution in [0.4, 0.5) is 0 Å². The minimum absolute atomic E-state index is 0.171. The van der Waals surface area contributed by atoms with Crippen molar-refractivity contribution >= 4 is 0 Å². The average molecular weight is 327 g/mol. The quantitative estimate of drug-likeness (QED) is 0.908. The fourth-order valence-electron chi connectivity index (χ4n) is 4.07. The molecule has 1 unspecified atom stereocenters. The molecular weight excluding hydrogens is 306 g/mol. The van der Waals surface area contributed by atoms with Crippen LogP contribution < -0.4 is 19.5 Å². The number of phenolic OH excluding ortho intramolecular Hbond substituents is 1. The number of rotatable bonds is 3. The van der Waals surface area contributed by atoms with Crippen molar-refractivity contribution in [2.24, 2.45) is 0 Å². The highest BCUT2D eigenvalue weighted by Crippen LogP contribution is 2.54. The van der Waals surface area contributed by atoms with Gasteiger partial charge < -0.3 is 24.6 Å². The van der Waals surface area contributed by atoms with Crippen molar-refractivity contribution in [1.29, 1.82) is 0 Å². The lowest BCUT2D eigenvalue weighted by Crippen LogP contribution is -2.34. The standard InChI is InChI=1S/C19H21NO4/c1-22-14-5-4-10-8-12-15-11(6-7-20-12)9-13(21)18(23-2)17(15)16(10)19(14)24-3/h4-5,9,12,20-21H,6-8H2,1-3H3. The molecule has 2 aliphatic rings. The Balaban J connectivity index is 2.12. The summed E-state index contributed by atoms with van der Waals surface area (Å²) in [5, 5.41) is 14.1. The lowest BCUT2D eigenvalue weighted by Gasteiger charge is -2.36. The lowest BCUT2D eigenvalue weighted by atomic mass is 9.77. The van der Waals surface area contributed by atoms with Gasteiger partial charge in [0.05, 0.1) is 21.3 Å². The summed E-state index contributed by atoms with van der Waals surface area (Å²) in [7, 11) is 4.86. The third kappa shape index (κ3) is 1.97. The van der Waals surface area contributed by atoms with Gasteiger partial charge in [0, 0.05) is 17.2 Å². The molecule has 5 heteroatoms. The van der Waals surface area contributed by atoms with E-state index in [4.69, 9.17) is 14.2 Å². The van der Waals surface area contributed by atoms with E-state index in [2.05, 4.69) is 11.4 Å². The Morgan fingerprint density at radius 1 is 1.00 bits per heavy atom. The second kappa shape index (κ2) is 5.60. The van der Waals surface area contributed by atoms with Crippen molar-refractivity contribution < 1.29 is 19.3 Å². The Hall–Kier alpha value is -2.40. The smallest absolute Gasteiger partial charge is 0.168 e. The van der Waals surface area contributed by atoms with E-state index in [1.807, 2.05) is 12.1 Å². The Morgan fingerprint density at radius 3 is 2.50 bits per heavy atom. The number of methoxy groups -OCH3 is 3. The summed E-state index contributed by atoms with van der Waals surface area (Å²) < 4.78 is 16.7. The molecule has 1 aliphatic carbocycles. The molecule has 1 heterocycles. The van der Waals surface area contributed by atoms with Gasteiger partial charge in [0.2, 0.25) is 0 Å². The number of ether oxygens (including phenoxy) is 3. The van der Waals surface area contributed by atoms with Crippen LogP contribution in [0.1, 0.15) is 22.7 Å². The zero-order valence-electron chi connectivity index (χ0n) is 14.1. The van der Waals surface area contributed by atoms with Gasteiger partial charge in [-0.05, 0) is 48.2 Å². The van der Waals surface area contributed by atoms with Crippen LogP contribution in [0.5, 0.6) is 23.0 Å². The minimum atomic E-state index is 0.171. The highest BCUT2D eigenvalue weighted by molar-refractivity contribution is 5.88. The molecule has 1 atom stereocenters. The molecule has 126 valence electrons. The summed E-state index contributed by atoms with van der Waals surface area (Å²) in [5.74, 6) is 2.03. The highest BCUT2D eigenvalue weighted by Gasteiger charge is 2.35. The van der Waals surface area contributed by atoms with Gasteiger partial charge in [-0.3, -0.25) is 0 Å². The molecule has 0 radical (unpaired) electrons. The third-order valence-electron chi connectivity index (χ3n) is 5.03. The number of hydrogen-bond donors (Lipinski definition) is 2. The molecule has 1 aliphatic heterocycles. The summed E-state index contributed by atoms with van der Waals surface area (Å²) in [6.07, 6.45) is 1.77. The second-order valence-electron chi connectivity index (χ2n) is 6.17. The normalized spacial score (nSPS) is 17.7. The monoisotopic (exact) mass is 327 g/mol. The van der Waals surface area contributed by atoms with Gasteiger partial charge in [-0.1, -0.05) is 6.07 Å². The van der Waals surface area contributed by atoms with Crippen LogP contribution in [0.3, 0.4) is 0 Å². The second-order valence-corrected chi connectivity index (χ2v) is 6.17. The van der Waals surface area contributed by atoms with E-state index in [0.717, 1.165) is 36.1 Å². The molecule has 0 aromatic heterocycles. The fraction of sp³-hybridized carbons (Fsp3) is 0.368. The highest BCUT2D eigenvalue weighted by atomic mass is 16.5. The topological polar surface area (TPSA) is 60.0 Å². The molecular formula is C19H21NO4. The number of aromatic hydroxyl groups is 1. The SMILES string of the molecule is COc1ccc2c(c1OC)-c1c(OC)c(O)cc3c1C(C2)NCC3. The van der Waals surface area contributed by atoms with Crippen LogP contribution in [-0.2, 0) is 12.8 Å². The van der Waals surface area contributed by atoms with Crippen LogP contribution in [0.2, 0.25) is 0 Å². The maximum absolute atomic E-state index is 10.5. The first-order chi connectivity index (χ1) is 11.7. The summed E-state index contributed by atoms with van der Waals surface area (Å²) in [6, 6.07) is 6.06. The van der Waals surface area contributed by atoms with Gasteiger partial charge in [0.1, 0.15) is 0 Å². The van der Waals surface area contributed by atoms with E-state index in [0.29, 0.717) is 17.2 Å². The van der Waals surface area contributed by atoms with Gasteiger partial charge in [-0.15, -0.1) is 0 Å². The molecule has 0 spiro atoms. The number of nitrogens with one attached hydrogen (secondary N) is 1. The lowest BCUT2D eigenvalue weighted by molar-refractivity contribution is 0.352. The minimum Gasteiger partial charge on any atom is -0.504 e. The Bertz CT molecular complexity index is 816. The van der Waals surface area contributed by atoms with Crippen molar-refractivity contribution in [3.63, 3.8) is 0 Å². The number of hydrogen-bond acceptors (Lipinski definition) is 5. The van der Waals surface area contributed by atoms with Gasteiger partial charge in [0.25, 0.3) is 0 Å². The predicted octanol–water partition coefficient (Wildman–Crippen LogP) is 2.83. The van der Waals surface area contributed by atoms with Crippen molar-refractivity contribution in [3.8, 4) is 34.1 Å². The summed E-state index contributed by atoms with van der Waals surface area (Å²) >= 11 is 0. The number of phenols is 1. The van der Waals surface area contributed by atoms with Gasteiger partial charge in [-0.2, -0.15) is 0 Å². The summed E-state index contributed by atoms with van der Waals surface area (Å²) in [5.41, 5.74) is 5.41. The molecule has 2 aromatic rings. The fourth-order valence-corrected chi connectivity index (χ4v) is 4.07. The molecule has 4 rings (SSSR count). The molecule has 2 N–H and O–H groups in total. The molecule has 0 saturated heterocycles. The zero-order chi connectivity index (χ0) is 16.8. The van der Waals surface area contributed by atoms with Crippen LogP contribution >= 0.6 is 0 Å². The Morgan fingerprint density at radius 2 is 1.79 bits per heavy atom. The first-order valence-electron chi connectivity index (χ1n) is 8.10. The van der Waals surface area contributed by atoms with E-state index in [1.54, 1.807) is 21.3 Å². The van der Waals surface area contributed by atoms with Crippen molar-refractivity contribution in [2.75, 3.05) is 27.9 Å². The third-order valence-corrected chi connectivity index (χ3v) is 5.03. The molecule has 0 fully saturated rings. The van der Waals surface area contributed by atoms with Gasteiger partial charge in [-0.25, -0.2) is 0 Å². The first-order valence-corrected chi connectivity index (χ1v) is 8.10. The van der Waals surface area contributed by atoms with Crippen LogP contribution in [0, 0.1) is 0 Å². The summed E-state index contributed by atoms with van der Waals surface area (Å²) in [6.45, 7) is 0.908. The van der Waals surface area contributed by atoms with E-state index >= 15 is 0 Å². The number of fused-ring (bicyclic) bond motifs is 2. The maximum atomic E-state index is 10.5. The van der Waals surface area contributed by atoms with E-state index in [-0.39, 0.29) is 11.8 Å². The van der Waals surface area contributed by atoms with Crippen LogP contribution in [0.25, 0.3) is 11.1 Å². The van der Waals surface area contributed by atoms with Gasteiger partial charge >= 0.3 is 0 Å². The Labute approximate surface area is 141 Å². The van der Waals surface area contributed by atoms with Crippen LogP contribution in [-0.4, -0.2) is 33.0 Å². The molecule has 24 heavy (non-hydrogen) atoms. The van der Waals surface area contributed by atoms with Crippen molar-refractivity contribution in [2.45, 2.75) is 18.9 Å². The molecule has 2 aromatic carbocycles. The predicted molar refractivity (Wildman–Crippen MR) is 91.4 cm³/mol. The Kier molecular flexibility index (Phi) is 3.53. The maximum Gasteiger partial charge on any atom is 0.168 e. The first kappa shape index (κ1) is 15.1. The van der Waals surface area contributed by atoms with Crippen molar-refractivity contribution in [1.82, 2.24) is 5.32 Å². The molecule has 5 nitrogen and oxygen atoms in total. The van der Waals surface area contributed by atoms with Gasteiger partial charge in [0.15, 0.2) is 23.0 Å². The average Bonchev–Trinajstić information content (AvgIpc) is 2.60. The van der Waals surface area contributed by atoms with Crippen molar-refractivity contribution in [3.05, 3.63) is 34.9 Å². The van der Waals surface area contributed by atoms with E-state index in [1.165, 1.54) is 11.1 Å². The van der Waals surface area contributed by atoms with Crippen LogP contribution in [0.15, 0.2) is 18.2 Å². The number of benzene rings is 2. The zero-order valence-corrected chi connectivity index (χ0v) is 14.1. The largest absolute Gasteiger partial charge is 0.504 e. The molecule has 0 amide bonds. The molecule has 0 bridgehead atoms. The van der Waals surface area contributed by atoms with E-state index < -0.39 is 0 Å².